The minimum atomic E-state index is -0.208. The fraction of sp³-hybridized carbons (Fsp3) is 0.217. The van der Waals surface area contributed by atoms with Crippen molar-refractivity contribution in [1.29, 1.82) is 0 Å². The van der Waals surface area contributed by atoms with Gasteiger partial charge in [0.15, 0.2) is 5.16 Å². The van der Waals surface area contributed by atoms with Gasteiger partial charge >= 0.3 is 0 Å². The number of fused-ring (bicyclic) bond motifs is 1. The molecule has 3 N–H and O–H groups in total. The smallest absolute Gasteiger partial charge is 0.263 e. The van der Waals surface area contributed by atoms with Crippen LogP contribution in [0.3, 0.4) is 0 Å². The molecule has 0 amide bonds. The number of furan rings is 1. The van der Waals surface area contributed by atoms with Gasteiger partial charge in [0.1, 0.15) is 11.1 Å². The Balaban J connectivity index is 1.72. The Morgan fingerprint density at radius 2 is 1.79 bits per heavy atom. The van der Waals surface area contributed by atoms with Gasteiger partial charge in [0.25, 0.3) is 5.56 Å². The molecule has 1 fully saturated rings. The van der Waals surface area contributed by atoms with Gasteiger partial charge in [-0.2, -0.15) is 4.98 Å². The molecular formula is C23H21N3O2S. The van der Waals surface area contributed by atoms with E-state index in [2.05, 4.69) is 22.1 Å². The van der Waals surface area contributed by atoms with E-state index in [0.29, 0.717) is 22.0 Å². The predicted octanol–water partition coefficient (Wildman–Crippen LogP) is 4.91. The third-order valence-corrected chi connectivity index (χ3v) is 6.34. The number of hydrogen-bond acceptors (Lipinski definition) is 5. The molecule has 1 aliphatic carbocycles. The van der Waals surface area contributed by atoms with Gasteiger partial charge in [-0.1, -0.05) is 66.4 Å². The lowest BCUT2D eigenvalue weighted by Gasteiger charge is -2.38. The van der Waals surface area contributed by atoms with Gasteiger partial charge in [0, 0.05) is 16.7 Å². The number of nitrogens with zero attached hydrogens (tertiary/aromatic N) is 1. The molecule has 0 saturated heterocycles. The normalized spacial score (nSPS) is 15.4. The summed E-state index contributed by atoms with van der Waals surface area (Å²) in [4.78, 5) is 20.2. The van der Waals surface area contributed by atoms with E-state index >= 15 is 0 Å². The van der Waals surface area contributed by atoms with Gasteiger partial charge < -0.3 is 15.1 Å². The van der Waals surface area contributed by atoms with Crippen molar-refractivity contribution in [1.82, 2.24) is 9.97 Å². The molecule has 2 aromatic heterocycles. The van der Waals surface area contributed by atoms with Crippen LogP contribution in [0.1, 0.15) is 24.8 Å². The summed E-state index contributed by atoms with van der Waals surface area (Å²) in [6.07, 6.45) is 5.08. The lowest BCUT2D eigenvalue weighted by Crippen LogP contribution is -2.43. The average Bonchev–Trinajstić information content (AvgIpc) is 3.13. The predicted molar refractivity (Wildman–Crippen MR) is 117 cm³/mol. The maximum absolute atomic E-state index is 12.8. The summed E-state index contributed by atoms with van der Waals surface area (Å²) in [6, 6.07) is 18.0. The summed E-state index contributed by atoms with van der Waals surface area (Å²) < 4.78 is 6.15. The maximum Gasteiger partial charge on any atom is 0.263 e. The van der Waals surface area contributed by atoms with Crippen LogP contribution in [0, 0.1) is 0 Å². The molecule has 0 radical (unpaired) electrons. The fourth-order valence-electron chi connectivity index (χ4n) is 3.97. The van der Waals surface area contributed by atoms with E-state index in [1.165, 1.54) is 18.2 Å². The van der Waals surface area contributed by atoms with Gasteiger partial charge in [-0.15, -0.1) is 0 Å². The van der Waals surface area contributed by atoms with Crippen molar-refractivity contribution in [3.63, 3.8) is 0 Å². The molecule has 2 aromatic carbocycles. The number of H-pyrrole nitrogens is 1. The van der Waals surface area contributed by atoms with Crippen LogP contribution in [0.15, 0.2) is 69.0 Å². The third-order valence-electron chi connectivity index (χ3n) is 5.76. The molecule has 1 saturated carbocycles. The number of aromatic amines is 1. The van der Waals surface area contributed by atoms with Crippen molar-refractivity contribution in [3.8, 4) is 22.5 Å². The standard InChI is InChI=1S/C23H21N3O2S/c1-29-22-25-20(27)18-17(14-6-3-2-4-7-14)19(28-21(18)26-22)15-8-10-16(11-9-15)23(24)12-5-13-23/h2-4,6-11H,5,12-13,24H2,1H3,(H,25,26,27). The summed E-state index contributed by atoms with van der Waals surface area (Å²) >= 11 is 1.38. The Morgan fingerprint density at radius 3 is 2.41 bits per heavy atom. The Hall–Kier alpha value is -2.83. The van der Waals surface area contributed by atoms with E-state index in [-0.39, 0.29) is 11.1 Å². The Labute approximate surface area is 172 Å². The first-order valence-electron chi connectivity index (χ1n) is 9.65. The average molecular weight is 404 g/mol. The SMILES string of the molecule is CSc1nc2oc(-c3ccc(C4(N)CCC4)cc3)c(-c3ccccc3)c2c(=O)[nH]1. The summed E-state index contributed by atoms with van der Waals surface area (Å²) in [5, 5.41) is 1.01. The van der Waals surface area contributed by atoms with Crippen LogP contribution in [0.5, 0.6) is 0 Å². The summed E-state index contributed by atoms with van der Waals surface area (Å²) in [5.74, 6) is 0.647. The molecule has 0 spiro atoms. The van der Waals surface area contributed by atoms with Gasteiger partial charge in [-0.25, -0.2) is 0 Å². The number of benzene rings is 2. The molecule has 0 aliphatic heterocycles. The van der Waals surface area contributed by atoms with Gasteiger partial charge in [0.2, 0.25) is 5.71 Å². The van der Waals surface area contributed by atoms with Gasteiger partial charge in [0.05, 0.1) is 0 Å². The molecule has 1 aliphatic rings. The zero-order chi connectivity index (χ0) is 20.0. The molecule has 6 heteroatoms. The highest BCUT2D eigenvalue weighted by Gasteiger charge is 2.34. The summed E-state index contributed by atoms with van der Waals surface area (Å²) in [6.45, 7) is 0. The highest BCUT2D eigenvalue weighted by atomic mass is 32.2. The van der Waals surface area contributed by atoms with Crippen LogP contribution in [0.4, 0.5) is 0 Å². The summed E-state index contributed by atoms with van der Waals surface area (Å²) in [7, 11) is 0. The molecule has 5 rings (SSSR count). The summed E-state index contributed by atoms with van der Waals surface area (Å²) in [5.41, 5.74) is 10.1. The molecular weight excluding hydrogens is 382 g/mol. The minimum Gasteiger partial charge on any atom is -0.437 e. The lowest BCUT2D eigenvalue weighted by molar-refractivity contribution is 0.253. The van der Waals surface area contributed by atoms with Crippen molar-refractivity contribution in [2.45, 2.75) is 30.0 Å². The second kappa shape index (κ2) is 6.90. The van der Waals surface area contributed by atoms with Crippen molar-refractivity contribution >= 4 is 22.9 Å². The highest BCUT2D eigenvalue weighted by Crippen LogP contribution is 2.42. The van der Waals surface area contributed by atoms with E-state index in [9.17, 15) is 4.79 Å². The second-order valence-corrected chi connectivity index (χ2v) is 8.31. The number of rotatable bonds is 4. The van der Waals surface area contributed by atoms with E-state index < -0.39 is 0 Å². The maximum atomic E-state index is 12.8. The number of hydrogen-bond donors (Lipinski definition) is 2. The van der Waals surface area contributed by atoms with E-state index in [1.807, 2.05) is 48.7 Å². The zero-order valence-corrected chi connectivity index (χ0v) is 16.9. The van der Waals surface area contributed by atoms with Gasteiger partial charge in [-0.3, -0.25) is 4.79 Å². The second-order valence-electron chi connectivity index (χ2n) is 7.51. The van der Waals surface area contributed by atoms with Crippen LogP contribution < -0.4 is 11.3 Å². The van der Waals surface area contributed by atoms with Crippen molar-refractivity contribution in [3.05, 3.63) is 70.5 Å². The molecule has 0 atom stereocenters. The number of nitrogens with two attached hydrogens (primary N) is 1. The Kier molecular flexibility index (Phi) is 4.33. The molecule has 146 valence electrons. The van der Waals surface area contributed by atoms with E-state index in [4.69, 9.17) is 10.2 Å². The molecule has 0 bridgehead atoms. The zero-order valence-electron chi connectivity index (χ0n) is 16.1. The van der Waals surface area contributed by atoms with Crippen molar-refractivity contribution in [2.75, 3.05) is 6.26 Å². The molecule has 0 unspecified atom stereocenters. The van der Waals surface area contributed by atoms with E-state index in [0.717, 1.165) is 35.1 Å². The first kappa shape index (κ1) is 18.2. The number of thioether (sulfide) groups is 1. The number of aromatic nitrogens is 2. The largest absolute Gasteiger partial charge is 0.437 e. The first-order valence-corrected chi connectivity index (χ1v) is 10.9. The lowest BCUT2D eigenvalue weighted by atomic mass is 9.72. The molecule has 29 heavy (non-hydrogen) atoms. The van der Waals surface area contributed by atoms with Gasteiger partial charge in [-0.05, 0) is 36.6 Å². The molecule has 4 aromatic rings. The fourth-order valence-corrected chi connectivity index (χ4v) is 4.34. The van der Waals surface area contributed by atoms with Crippen LogP contribution >= 0.6 is 11.8 Å². The Bertz CT molecular complexity index is 1240. The van der Waals surface area contributed by atoms with Crippen LogP contribution in [-0.2, 0) is 5.54 Å². The quantitative estimate of drug-likeness (QED) is 0.374. The number of nitrogens with one attached hydrogen (secondary N) is 1. The first-order chi connectivity index (χ1) is 14.1. The van der Waals surface area contributed by atoms with Crippen LogP contribution in [0.25, 0.3) is 33.6 Å². The van der Waals surface area contributed by atoms with E-state index in [1.54, 1.807) is 0 Å². The van der Waals surface area contributed by atoms with Crippen LogP contribution in [0.2, 0.25) is 0 Å². The third kappa shape index (κ3) is 2.99. The molecule has 2 heterocycles. The topological polar surface area (TPSA) is 84.9 Å². The molecule has 5 nitrogen and oxygen atoms in total. The minimum absolute atomic E-state index is 0.194. The Morgan fingerprint density at radius 1 is 1.07 bits per heavy atom. The van der Waals surface area contributed by atoms with Crippen LogP contribution in [-0.4, -0.2) is 16.2 Å². The van der Waals surface area contributed by atoms with Crippen molar-refractivity contribution in [2.24, 2.45) is 5.73 Å². The van der Waals surface area contributed by atoms with Crippen molar-refractivity contribution < 1.29 is 4.42 Å². The monoisotopic (exact) mass is 403 g/mol. The highest BCUT2D eigenvalue weighted by molar-refractivity contribution is 7.98.